The van der Waals surface area contributed by atoms with Gasteiger partial charge in [-0.2, -0.15) is 5.26 Å². The number of halogens is 2. The van der Waals surface area contributed by atoms with Crippen LogP contribution in [0, 0.1) is 11.3 Å². The Morgan fingerprint density at radius 1 is 1.33 bits per heavy atom. The van der Waals surface area contributed by atoms with Gasteiger partial charge in [0.05, 0.1) is 6.07 Å². The number of benzene rings is 1. The van der Waals surface area contributed by atoms with Crippen molar-refractivity contribution in [3.05, 3.63) is 33.8 Å². The summed E-state index contributed by atoms with van der Waals surface area (Å²) in [6.07, 6.45) is 0.979. The van der Waals surface area contributed by atoms with Gasteiger partial charge in [0.15, 0.2) is 0 Å². The lowest BCUT2D eigenvalue weighted by Gasteiger charge is -2.11. The zero-order valence-corrected chi connectivity index (χ0v) is 9.94. The first-order valence-corrected chi connectivity index (χ1v) is 5.52. The van der Waals surface area contributed by atoms with Crippen LogP contribution in [0.25, 0.3) is 0 Å². The third kappa shape index (κ3) is 3.71. The minimum absolute atomic E-state index is 0.346. The van der Waals surface area contributed by atoms with Crippen molar-refractivity contribution in [3.63, 3.8) is 0 Å². The predicted molar refractivity (Wildman–Crippen MR) is 63.1 cm³/mol. The van der Waals surface area contributed by atoms with Gasteiger partial charge in [0.25, 0.3) is 0 Å². The van der Waals surface area contributed by atoms with Gasteiger partial charge in [0, 0.05) is 10.0 Å². The highest BCUT2D eigenvalue weighted by molar-refractivity contribution is 6.34. The van der Waals surface area contributed by atoms with Crippen LogP contribution >= 0.6 is 23.2 Å². The quantitative estimate of drug-likeness (QED) is 0.877. The van der Waals surface area contributed by atoms with E-state index in [0.29, 0.717) is 10.0 Å². The first kappa shape index (κ1) is 12.3. The summed E-state index contributed by atoms with van der Waals surface area (Å²) in [6, 6.07) is 6.99. The summed E-state index contributed by atoms with van der Waals surface area (Å²) in [6.45, 7) is 2.84. The van der Waals surface area contributed by atoms with Gasteiger partial charge in [-0.3, -0.25) is 5.32 Å². The molecule has 4 heteroatoms. The normalized spacial score (nSPS) is 12.1. The minimum atomic E-state index is -0.346. The van der Waals surface area contributed by atoms with E-state index in [1.807, 2.05) is 6.92 Å². The molecule has 0 fully saturated rings. The van der Waals surface area contributed by atoms with Crippen molar-refractivity contribution in [1.82, 2.24) is 5.32 Å². The van der Waals surface area contributed by atoms with Crippen molar-refractivity contribution in [2.45, 2.75) is 19.4 Å². The summed E-state index contributed by atoms with van der Waals surface area (Å²) < 4.78 is 0. The average Bonchev–Trinajstić information content (AvgIpc) is 2.17. The van der Waals surface area contributed by atoms with Gasteiger partial charge in [0.1, 0.15) is 6.04 Å². The molecular formula is C11H12Cl2N2. The van der Waals surface area contributed by atoms with Crippen molar-refractivity contribution in [1.29, 1.82) is 5.26 Å². The van der Waals surface area contributed by atoms with Crippen LogP contribution in [0.1, 0.15) is 24.9 Å². The Labute approximate surface area is 99.8 Å². The Morgan fingerprint density at radius 2 is 1.93 bits per heavy atom. The highest BCUT2D eigenvalue weighted by Crippen LogP contribution is 2.23. The first-order chi connectivity index (χ1) is 7.17. The molecular weight excluding hydrogens is 231 g/mol. The smallest absolute Gasteiger partial charge is 0.121 e. The maximum Gasteiger partial charge on any atom is 0.121 e. The summed E-state index contributed by atoms with van der Waals surface area (Å²) in [5.41, 5.74) is 0.809. The largest absolute Gasteiger partial charge is 0.298 e. The van der Waals surface area contributed by atoms with Crippen LogP contribution in [0.15, 0.2) is 18.2 Å². The Kier molecular flexibility index (Phi) is 4.90. The maximum atomic E-state index is 8.99. The molecule has 0 aromatic heterocycles. The van der Waals surface area contributed by atoms with Crippen molar-refractivity contribution in [2.24, 2.45) is 0 Å². The fourth-order valence-electron chi connectivity index (χ4n) is 1.27. The van der Waals surface area contributed by atoms with Gasteiger partial charge in [-0.05, 0) is 36.7 Å². The molecule has 1 aromatic carbocycles. The predicted octanol–water partition coefficient (Wildman–Crippen LogP) is 3.56. The number of hydrogen-bond acceptors (Lipinski definition) is 2. The Morgan fingerprint density at radius 3 is 2.40 bits per heavy atom. The minimum Gasteiger partial charge on any atom is -0.298 e. The molecule has 1 unspecified atom stereocenters. The zero-order valence-electron chi connectivity index (χ0n) is 8.43. The number of hydrogen-bond donors (Lipinski definition) is 1. The molecule has 0 aliphatic rings. The molecule has 0 saturated heterocycles. The van der Waals surface area contributed by atoms with E-state index in [1.54, 1.807) is 18.2 Å². The van der Waals surface area contributed by atoms with E-state index in [4.69, 9.17) is 28.5 Å². The summed E-state index contributed by atoms with van der Waals surface area (Å²) in [7, 11) is 0. The molecule has 0 radical (unpaired) electrons. The van der Waals surface area contributed by atoms with E-state index < -0.39 is 0 Å². The Balaban J connectivity index is 2.87. The molecule has 15 heavy (non-hydrogen) atoms. The van der Waals surface area contributed by atoms with E-state index in [-0.39, 0.29) is 6.04 Å². The fraction of sp³-hybridized carbons (Fsp3) is 0.364. The van der Waals surface area contributed by atoms with E-state index in [2.05, 4.69) is 11.4 Å². The van der Waals surface area contributed by atoms with Gasteiger partial charge in [-0.1, -0.05) is 30.1 Å². The molecule has 1 N–H and O–H groups in total. The van der Waals surface area contributed by atoms with E-state index >= 15 is 0 Å². The standard InChI is InChI=1S/C11H12Cl2N2/c1-2-3-15-11(7-14)8-4-9(12)6-10(13)5-8/h4-6,11,15H,2-3H2,1H3. The lowest BCUT2D eigenvalue weighted by molar-refractivity contribution is 0.621. The van der Waals surface area contributed by atoms with Crippen molar-refractivity contribution < 1.29 is 0 Å². The van der Waals surface area contributed by atoms with Crippen LogP contribution in [0.4, 0.5) is 0 Å². The second-order valence-corrected chi connectivity index (χ2v) is 4.09. The highest BCUT2D eigenvalue weighted by atomic mass is 35.5. The van der Waals surface area contributed by atoms with Crippen LogP contribution < -0.4 is 5.32 Å². The zero-order chi connectivity index (χ0) is 11.3. The molecule has 0 spiro atoms. The van der Waals surface area contributed by atoms with E-state index in [0.717, 1.165) is 18.5 Å². The Hall–Kier alpha value is -0.750. The molecule has 1 aromatic rings. The van der Waals surface area contributed by atoms with Gasteiger partial charge in [-0.25, -0.2) is 0 Å². The molecule has 0 heterocycles. The lowest BCUT2D eigenvalue weighted by atomic mass is 10.1. The second-order valence-electron chi connectivity index (χ2n) is 3.22. The highest BCUT2D eigenvalue weighted by Gasteiger charge is 2.10. The molecule has 1 atom stereocenters. The van der Waals surface area contributed by atoms with Gasteiger partial charge in [-0.15, -0.1) is 0 Å². The number of rotatable bonds is 4. The number of nitrogens with zero attached hydrogens (tertiary/aromatic N) is 1. The Bertz CT molecular complexity index is 351. The molecule has 80 valence electrons. The SMILES string of the molecule is CCCNC(C#N)c1cc(Cl)cc(Cl)c1. The van der Waals surface area contributed by atoms with Crippen molar-refractivity contribution in [3.8, 4) is 6.07 Å². The number of nitrogens with one attached hydrogen (secondary N) is 1. The lowest BCUT2D eigenvalue weighted by Crippen LogP contribution is -2.20. The molecule has 2 nitrogen and oxygen atoms in total. The fourth-order valence-corrected chi connectivity index (χ4v) is 1.81. The summed E-state index contributed by atoms with van der Waals surface area (Å²) in [4.78, 5) is 0. The van der Waals surface area contributed by atoms with Crippen LogP contribution in [0.2, 0.25) is 10.0 Å². The van der Waals surface area contributed by atoms with E-state index in [9.17, 15) is 0 Å². The second kappa shape index (κ2) is 5.97. The average molecular weight is 243 g/mol. The molecule has 0 saturated carbocycles. The van der Waals surface area contributed by atoms with E-state index in [1.165, 1.54) is 0 Å². The van der Waals surface area contributed by atoms with Gasteiger partial charge in [0.2, 0.25) is 0 Å². The van der Waals surface area contributed by atoms with Gasteiger partial charge >= 0.3 is 0 Å². The summed E-state index contributed by atoms with van der Waals surface area (Å²) >= 11 is 11.7. The summed E-state index contributed by atoms with van der Waals surface area (Å²) in [5, 5.41) is 13.2. The van der Waals surface area contributed by atoms with Crippen molar-refractivity contribution >= 4 is 23.2 Å². The van der Waals surface area contributed by atoms with Crippen LogP contribution in [0.5, 0.6) is 0 Å². The van der Waals surface area contributed by atoms with Gasteiger partial charge < -0.3 is 0 Å². The number of nitriles is 1. The molecule has 0 aliphatic carbocycles. The molecule has 1 rings (SSSR count). The van der Waals surface area contributed by atoms with Crippen molar-refractivity contribution in [2.75, 3.05) is 6.54 Å². The topological polar surface area (TPSA) is 35.8 Å². The molecule has 0 amide bonds. The van der Waals surface area contributed by atoms with Crippen LogP contribution in [-0.2, 0) is 0 Å². The van der Waals surface area contributed by atoms with Crippen LogP contribution in [-0.4, -0.2) is 6.54 Å². The summed E-state index contributed by atoms with van der Waals surface area (Å²) in [5.74, 6) is 0. The third-order valence-corrected chi connectivity index (χ3v) is 2.38. The molecule has 0 aliphatic heterocycles. The van der Waals surface area contributed by atoms with Crippen LogP contribution in [0.3, 0.4) is 0 Å². The monoisotopic (exact) mass is 242 g/mol. The maximum absolute atomic E-state index is 8.99. The third-order valence-electron chi connectivity index (χ3n) is 1.95. The molecule has 0 bridgehead atoms. The first-order valence-electron chi connectivity index (χ1n) is 4.76.